The molecule has 8 heteroatoms. The van der Waals surface area contributed by atoms with Gasteiger partial charge in [0.05, 0.1) is 12.8 Å². The van der Waals surface area contributed by atoms with Crippen molar-refractivity contribution < 1.29 is 19.4 Å². The first-order chi connectivity index (χ1) is 14.5. The maximum atomic E-state index is 13.0. The van der Waals surface area contributed by atoms with Gasteiger partial charge in [-0.05, 0) is 55.9 Å². The summed E-state index contributed by atoms with van der Waals surface area (Å²) in [7, 11) is 1.48. The Kier molecular flexibility index (Phi) is 5.74. The van der Waals surface area contributed by atoms with E-state index in [9.17, 15) is 9.59 Å². The molecule has 3 N–H and O–H groups in total. The number of nitrogens with zero attached hydrogens (tertiary/aromatic N) is 3. The quantitative estimate of drug-likeness (QED) is 0.763. The maximum Gasteiger partial charge on any atom is 0.318 e. The largest absolute Gasteiger partial charge is 0.481 e. The van der Waals surface area contributed by atoms with Crippen molar-refractivity contribution in [3.05, 3.63) is 35.2 Å². The molecule has 0 bridgehead atoms. The number of carbonyl (C=O) groups is 2. The van der Waals surface area contributed by atoms with Crippen LogP contribution in [0.15, 0.2) is 23.9 Å². The third kappa shape index (κ3) is 4.04. The summed E-state index contributed by atoms with van der Waals surface area (Å²) in [6.07, 6.45) is 12.3. The van der Waals surface area contributed by atoms with E-state index < -0.39 is 5.97 Å². The maximum absolute atomic E-state index is 13.0. The number of hydrogen-bond donors (Lipinski definition) is 2. The van der Waals surface area contributed by atoms with Crippen molar-refractivity contribution in [3.8, 4) is 6.01 Å². The van der Waals surface area contributed by atoms with Crippen molar-refractivity contribution in [3.63, 3.8) is 0 Å². The first-order valence-electron chi connectivity index (χ1n) is 10.6. The number of aliphatic carboxylic acids is 1. The number of carboxylic acids is 1. The Morgan fingerprint density at radius 2 is 2.07 bits per heavy atom. The van der Waals surface area contributed by atoms with Crippen molar-refractivity contribution in [2.75, 3.05) is 19.4 Å². The van der Waals surface area contributed by atoms with Gasteiger partial charge in [-0.1, -0.05) is 12.2 Å². The highest BCUT2D eigenvalue weighted by Gasteiger charge is 2.33. The molecule has 30 heavy (non-hydrogen) atoms. The number of anilines is 1. The molecule has 0 radical (unpaired) electrons. The van der Waals surface area contributed by atoms with Gasteiger partial charge in [-0.15, -0.1) is 0 Å². The first kappa shape index (κ1) is 20.4. The minimum atomic E-state index is -0.694. The number of ether oxygens (including phenoxy) is 1. The zero-order valence-electron chi connectivity index (χ0n) is 17.2. The number of carbonyl (C=O) groups excluding carboxylic acids is 1. The van der Waals surface area contributed by atoms with Crippen LogP contribution in [-0.2, 0) is 11.2 Å². The van der Waals surface area contributed by atoms with E-state index in [-0.39, 0.29) is 24.2 Å². The van der Waals surface area contributed by atoms with Crippen LogP contribution >= 0.6 is 0 Å². The molecule has 1 fully saturated rings. The highest BCUT2D eigenvalue weighted by Crippen LogP contribution is 2.39. The Balaban J connectivity index is 1.39. The predicted molar refractivity (Wildman–Crippen MR) is 111 cm³/mol. The molecule has 1 aromatic heterocycles. The molecule has 2 heterocycles. The number of rotatable bonds is 5. The normalized spacial score (nSPS) is 26.2. The lowest BCUT2D eigenvalue weighted by atomic mass is 9.73. The molecule has 8 nitrogen and oxygen atoms in total. The second kappa shape index (κ2) is 8.45. The molecule has 1 aliphatic heterocycles. The molecule has 2 aliphatic carbocycles. The highest BCUT2D eigenvalue weighted by molar-refractivity contribution is 6.01. The molecule has 1 amide bonds. The van der Waals surface area contributed by atoms with E-state index in [4.69, 9.17) is 15.6 Å². The molecule has 1 aromatic rings. The molecular formula is C22H28N4O4. The lowest BCUT2D eigenvalue weighted by Crippen LogP contribution is -2.38. The first-order valence-corrected chi connectivity index (χ1v) is 10.6. The number of allylic oxidation sites excluding steroid dienone is 3. The van der Waals surface area contributed by atoms with E-state index >= 15 is 0 Å². The summed E-state index contributed by atoms with van der Waals surface area (Å²) in [4.78, 5) is 34.1. The Labute approximate surface area is 175 Å². The lowest BCUT2D eigenvalue weighted by molar-refractivity contribution is -0.138. The summed E-state index contributed by atoms with van der Waals surface area (Å²) in [5.74, 6) is 0.640. The SMILES string of the molecule is COc1nc(N)c2c(n1)CCN(C1=CC[C@@H](C3CCC(CC(=O)O)CC3)C=C1)C2=O. The van der Waals surface area contributed by atoms with Crippen LogP contribution in [0.4, 0.5) is 5.82 Å². The van der Waals surface area contributed by atoms with Crippen LogP contribution in [0.1, 0.15) is 54.6 Å². The minimum Gasteiger partial charge on any atom is -0.481 e. The Bertz CT molecular complexity index is 903. The van der Waals surface area contributed by atoms with Crippen LogP contribution in [0.5, 0.6) is 6.01 Å². The van der Waals surface area contributed by atoms with Crippen LogP contribution < -0.4 is 10.5 Å². The fourth-order valence-corrected chi connectivity index (χ4v) is 4.95. The Hall–Kier alpha value is -2.90. The minimum absolute atomic E-state index is 0.155. The van der Waals surface area contributed by atoms with Crippen molar-refractivity contribution in [1.29, 1.82) is 0 Å². The fraction of sp³-hybridized carbons (Fsp3) is 0.545. The number of fused-ring (bicyclic) bond motifs is 1. The van der Waals surface area contributed by atoms with Crippen LogP contribution in [0, 0.1) is 17.8 Å². The number of amides is 1. The monoisotopic (exact) mass is 412 g/mol. The molecule has 160 valence electrons. The number of nitrogen functional groups attached to an aromatic ring is 1. The molecule has 1 saturated carbocycles. The van der Waals surface area contributed by atoms with E-state index in [1.165, 1.54) is 7.11 Å². The van der Waals surface area contributed by atoms with Gasteiger partial charge < -0.3 is 20.5 Å². The number of aromatic nitrogens is 2. The molecule has 4 rings (SSSR count). The second-order valence-electron chi connectivity index (χ2n) is 8.39. The zero-order chi connectivity index (χ0) is 21.3. The molecule has 0 unspecified atom stereocenters. The number of carboxylic acid groups (broad SMARTS) is 1. The molecule has 3 aliphatic rings. The van der Waals surface area contributed by atoms with Gasteiger partial charge in [0.15, 0.2) is 0 Å². The summed E-state index contributed by atoms with van der Waals surface area (Å²) in [6, 6.07) is 0.185. The van der Waals surface area contributed by atoms with Gasteiger partial charge in [0.25, 0.3) is 5.91 Å². The Morgan fingerprint density at radius 1 is 1.30 bits per heavy atom. The van der Waals surface area contributed by atoms with E-state index in [1.807, 2.05) is 6.08 Å². The number of nitrogens with two attached hydrogens (primary N) is 1. The van der Waals surface area contributed by atoms with Gasteiger partial charge >= 0.3 is 12.0 Å². The fourth-order valence-electron chi connectivity index (χ4n) is 4.95. The molecular weight excluding hydrogens is 384 g/mol. The van der Waals surface area contributed by atoms with E-state index in [0.29, 0.717) is 42.0 Å². The summed E-state index contributed by atoms with van der Waals surface area (Å²) < 4.78 is 5.06. The third-order valence-electron chi connectivity index (χ3n) is 6.59. The van der Waals surface area contributed by atoms with Gasteiger partial charge in [0, 0.05) is 25.1 Å². The van der Waals surface area contributed by atoms with Crippen LogP contribution in [0.25, 0.3) is 0 Å². The van der Waals surface area contributed by atoms with E-state index in [0.717, 1.165) is 37.8 Å². The topological polar surface area (TPSA) is 119 Å². The van der Waals surface area contributed by atoms with Crippen LogP contribution in [0.3, 0.4) is 0 Å². The van der Waals surface area contributed by atoms with Crippen LogP contribution in [0.2, 0.25) is 0 Å². The number of hydrogen-bond acceptors (Lipinski definition) is 6. The average molecular weight is 412 g/mol. The zero-order valence-corrected chi connectivity index (χ0v) is 17.2. The Morgan fingerprint density at radius 3 is 2.70 bits per heavy atom. The summed E-state index contributed by atoms with van der Waals surface area (Å²) in [5, 5.41) is 8.99. The molecule has 1 atom stereocenters. The van der Waals surface area contributed by atoms with Gasteiger partial charge in [-0.2, -0.15) is 9.97 Å². The van der Waals surface area contributed by atoms with Crippen molar-refractivity contribution >= 4 is 17.7 Å². The standard InChI is InChI=1S/C22H28N4O4/c1-30-22-24-17-10-11-26(21(29)19(17)20(23)25-22)16-8-6-15(7-9-16)14-4-2-13(3-5-14)12-18(27)28/h6,8-9,13-15H,2-5,7,10-12H2,1H3,(H,27,28)(H2,23,24,25)/t13?,14?,15-/m0/s1. The second-order valence-corrected chi connectivity index (χ2v) is 8.39. The summed E-state index contributed by atoms with van der Waals surface area (Å²) in [6.45, 7) is 0.548. The van der Waals surface area contributed by atoms with Crippen molar-refractivity contribution in [2.24, 2.45) is 17.8 Å². The van der Waals surface area contributed by atoms with Gasteiger partial charge in [0.1, 0.15) is 11.4 Å². The van der Waals surface area contributed by atoms with E-state index in [1.54, 1.807) is 4.90 Å². The predicted octanol–water partition coefficient (Wildman–Crippen LogP) is 2.81. The van der Waals surface area contributed by atoms with Gasteiger partial charge in [-0.3, -0.25) is 9.59 Å². The van der Waals surface area contributed by atoms with E-state index in [2.05, 4.69) is 22.1 Å². The van der Waals surface area contributed by atoms with Crippen molar-refractivity contribution in [1.82, 2.24) is 14.9 Å². The summed E-state index contributed by atoms with van der Waals surface area (Å²) in [5.41, 5.74) is 7.91. The summed E-state index contributed by atoms with van der Waals surface area (Å²) >= 11 is 0. The van der Waals surface area contributed by atoms with Gasteiger partial charge in [0.2, 0.25) is 0 Å². The third-order valence-corrected chi connectivity index (χ3v) is 6.59. The molecule has 0 saturated heterocycles. The van der Waals surface area contributed by atoms with Crippen molar-refractivity contribution in [2.45, 2.75) is 44.9 Å². The smallest absolute Gasteiger partial charge is 0.318 e. The number of methoxy groups -OCH3 is 1. The highest BCUT2D eigenvalue weighted by atomic mass is 16.5. The average Bonchev–Trinajstić information content (AvgIpc) is 2.74. The molecule has 0 aromatic carbocycles. The van der Waals surface area contributed by atoms with Crippen LogP contribution in [-0.4, -0.2) is 45.5 Å². The van der Waals surface area contributed by atoms with Gasteiger partial charge in [-0.25, -0.2) is 0 Å². The lowest BCUT2D eigenvalue weighted by Gasteiger charge is -2.35. The molecule has 0 spiro atoms.